The second-order valence-electron chi connectivity index (χ2n) is 7.79. The van der Waals surface area contributed by atoms with Gasteiger partial charge in [0.15, 0.2) is 11.5 Å². The molecule has 2 aromatic carbocycles. The number of rotatable bonds is 4. The number of ether oxygens (including phenoxy) is 3. The number of amides is 1. The van der Waals surface area contributed by atoms with Gasteiger partial charge in [-0.2, -0.15) is 0 Å². The Balaban J connectivity index is 1.42. The van der Waals surface area contributed by atoms with Gasteiger partial charge in [0, 0.05) is 31.4 Å². The van der Waals surface area contributed by atoms with Gasteiger partial charge in [0.1, 0.15) is 5.82 Å². The highest BCUT2D eigenvalue weighted by molar-refractivity contribution is 6.32. The van der Waals surface area contributed by atoms with Crippen molar-refractivity contribution in [1.82, 2.24) is 9.88 Å². The van der Waals surface area contributed by atoms with Crippen LogP contribution in [0.2, 0.25) is 5.02 Å². The molecule has 0 spiro atoms. The first-order valence-electron chi connectivity index (χ1n) is 10.8. The van der Waals surface area contributed by atoms with E-state index < -0.39 is 0 Å². The third-order valence-corrected chi connectivity index (χ3v) is 5.86. The fourth-order valence-corrected chi connectivity index (χ4v) is 4.25. The summed E-state index contributed by atoms with van der Waals surface area (Å²) in [5.74, 6) is 1.87. The zero-order valence-corrected chi connectivity index (χ0v) is 18.4. The Morgan fingerprint density at radius 2 is 1.88 bits per heavy atom. The summed E-state index contributed by atoms with van der Waals surface area (Å²) in [6, 6.07) is 13.3. The number of carbonyl (C=O) groups is 1. The normalized spacial score (nSPS) is 16.0. The molecule has 1 amide bonds. The number of hydrogen-bond donors (Lipinski definition) is 1. The van der Waals surface area contributed by atoms with Crippen LogP contribution >= 0.6 is 11.6 Å². The van der Waals surface area contributed by atoms with E-state index in [1.165, 1.54) is 0 Å². The van der Waals surface area contributed by atoms with Crippen molar-refractivity contribution in [2.24, 2.45) is 0 Å². The number of hydrogen-bond acceptors (Lipinski definition) is 6. The highest BCUT2D eigenvalue weighted by atomic mass is 35.5. The van der Waals surface area contributed by atoms with Crippen LogP contribution in [0.4, 0.5) is 5.82 Å². The van der Waals surface area contributed by atoms with Crippen LogP contribution in [0, 0.1) is 0 Å². The van der Waals surface area contributed by atoms with E-state index in [1.807, 2.05) is 47.4 Å². The predicted octanol–water partition coefficient (Wildman–Crippen LogP) is 4.13. The molecule has 1 fully saturated rings. The van der Waals surface area contributed by atoms with Gasteiger partial charge in [0.2, 0.25) is 0 Å². The van der Waals surface area contributed by atoms with Crippen LogP contribution < -0.4 is 14.8 Å². The third-order valence-electron chi connectivity index (χ3n) is 5.58. The predicted molar refractivity (Wildman–Crippen MR) is 123 cm³/mol. The van der Waals surface area contributed by atoms with Crippen LogP contribution in [0.15, 0.2) is 42.5 Å². The number of aromatic nitrogens is 1. The van der Waals surface area contributed by atoms with Gasteiger partial charge in [0.05, 0.1) is 42.5 Å². The van der Waals surface area contributed by atoms with E-state index in [4.69, 9.17) is 30.8 Å². The van der Waals surface area contributed by atoms with E-state index in [0.717, 1.165) is 22.9 Å². The fraction of sp³-hybridized carbons (Fsp3) is 0.333. The lowest BCUT2D eigenvalue weighted by Gasteiger charge is -2.27. The van der Waals surface area contributed by atoms with E-state index in [2.05, 4.69) is 5.32 Å². The summed E-state index contributed by atoms with van der Waals surface area (Å²) >= 11 is 6.42. The minimum absolute atomic E-state index is 0.00595. The van der Waals surface area contributed by atoms with Crippen LogP contribution in [-0.2, 0) is 11.3 Å². The molecule has 0 aliphatic carbocycles. The first-order chi connectivity index (χ1) is 15.7. The molecule has 3 heterocycles. The monoisotopic (exact) mass is 453 g/mol. The van der Waals surface area contributed by atoms with E-state index in [0.29, 0.717) is 74.0 Å². The fourth-order valence-electron chi connectivity index (χ4n) is 3.96. The molecular formula is C24H24ClN3O4. The van der Waals surface area contributed by atoms with Gasteiger partial charge < -0.3 is 24.4 Å². The zero-order chi connectivity index (χ0) is 21.9. The molecule has 2 aliphatic heterocycles. The molecular weight excluding hydrogens is 430 g/mol. The van der Waals surface area contributed by atoms with Gasteiger partial charge in [-0.3, -0.25) is 4.79 Å². The molecule has 0 saturated carbocycles. The Kier molecular flexibility index (Phi) is 6.01. The van der Waals surface area contributed by atoms with Crippen LogP contribution in [0.3, 0.4) is 0 Å². The number of pyridine rings is 1. The molecule has 0 atom stereocenters. The summed E-state index contributed by atoms with van der Waals surface area (Å²) in [6.07, 6.45) is 0.819. The lowest BCUT2D eigenvalue weighted by molar-refractivity contribution is 0.0304. The van der Waals surface area contributed by atoms with Gasteiger partial charge in [-0.05, 0) is 29.8 Å². The van der Waals surface area contributed by atoms with Gasteiger partial charge in [-0.25, -0.2) is 4.98 Å². The van der Waals surface area contributed by atoms with E-state index in [1.54, 1.807) is 0 Å². The van der Waals surface area contributed by atoms with Crippen molar-refractivity contribution in [3.8, 4) is 11.5 Å². The van der Waals surface area contributed by atoms with Crippen molar-refractivity contribution in [2.75, 3.05) is 44.8 Å². The number of nitrogens with zero attached hydrogens (tertiary/aromatic N) is 2. The lowest BCUT2D eigenvalue weighted by Crippen LogP contribution is -2.40. The Labute approximate surface area is 191 Å². The number of benzene rings is 2. The maximum absolute atomic E-state index is 13.2. The van der Waals surface area contributed by atoms with Crippen LogP contribution in [-0.4, -0.2) is 55.3 Å². The molecule has 7 nitrogen and oxygen atoms in total. The van der Waals surface area contributed by atoms with Crippen LogP contribution in [0.25, 0.3) is 10.9 Å². The smallest absolute Gasteiger partial charge is 0.254 e. The summed E-state index contributed by atoms with van der Waals surface area (Å²) in [5, 5.41) is 4.70. The largest absolute Gasteiger partial charge is 0.489 e. The van der Waals surface area contributed by atoms with E-state index in [9.17, 15) is 4.79 Å². The number of para-hydroxylation sites is 1. The zero-order valence-electron chi connectivity index (χ0n) is 17.6. The lowest BCUT2D eigenvalue weighted by atomic mass is 10.1. The molecule has 3 aromatic rings. The quantitative estimate of drug-likeness (QED) is 0.640. The van der Waals surface area contributed by atoms with Crippen molar-refractivity contribution < 1.29 is 19.0 Å². The number of fused-ring (bicyclic) bond motifs is 2. The standard InChI is InChI=1S/C24H24ClN3O4/c25-19-12-16(13-21-23(19)32-9-3-8-31-21)15-26-22-14-18(17-4-1-2-5-20(17)27-22)24(29)28-6-10-30-11-7-28/h1-2,4-5,12-14H,3,6-11,15H2,(H,26,27). The van der Waals surface area contributed by atoms with E-state index >= 15 is 0 Å². The van der Waals surface area contributed by atoms with Gasteiger partial charge in [-0.1, -0.05) is 29.8 Å². The second kappa shape index (κ2) is 9.22. The SMILES string of the molecule is O=C(c1cc(NCc2cc(Cl)c3c(c2)OCCCO3)nc2ccccc12)N1CCOCC1. The van der Waals surface area contributed by atoms with Gasteiger partial charge >= 0.3 is 0 Å². The number of anilines is 1. The molecule has 0 bridgehead atoms. The Morgan fingerprint density at radius 3 is 2.75 bits per heavy atom. The summed E-state index contributed by atoms with van der Waals surface area (Å²) in [5.41, 5.74) is 2.35. The van der Waals surface area contributed by atoms with Crippen LogP contribution in [0.5, 0.6) is 11.5 Å². The number of morpholine rings is 1. The highest BCUT2D eigenvalue weighted by Crippen LogP contribution is 2.38. The molecule has 2 aliphatic rings. The average molecular weight is 454 g/mol. The number of carbonyl (C=O) groups excluding carboxylic acids is 1. The molecule has 32 heavy (non-hydrogen) atoms. The summed E-state index contributed by atoms with van der Waals surface area (Å²) in [6.45, 7) is 3.97. The highest BCUT2D eigenvalue weighted by Gasteiger charge is 2.22. The summed E-state index contributed by atoms with van der Waals surface area (Å²) < 4.78 is 16.9. The Bertz CT molecular complexity index is 1150. The van der Waals surface area contributed by atoms with Crippen molar-refractivity contribution in [2.45, 2.75) is 13.0 Å². The second-order valence-corrected chi connectivity index (χ2v) is 8.19. The van der Waals surface area contributed by atoms with Gasteiger partial charge in [-0.15, -0.1) is 0 Å². The average Bonchev–Trinajstić information content (AvgIpc) is 3.08. The molecule has 8 heteroatoms. The molecule has 0 unspecified atom stereocenters. The molecule has 0 radical (unpaired) electrons. The number of halogens is 1. The van der Waals surface area contributed by atoms with Crippen molar-refractivity contribution >= 4 is 34.2 Å². The third kappa shape index (κ3) is 4.31. The van der Waals surface area contributed by atoms with Crippen molar-refractivity contribution in [3.63, 3.8) is 0 Å². The molecule has 1 aromatic heterocycles. The molecule has 166 valence electrons. The Hall–Kier alpha value is -3.03. The summed E-state index contributed by atoms with van der Waals surface area (Å²) in [7, 11) is 0. The first kappa shape index (κ1) is 20.8. The maximum Gasteiger partial charge on any atom is 0.254 e. The topological polar surface area (TPSA) is 72.9 Å². The first-order valence-corrected chi connectivity index (χ1v) is 11.2. The number of nitrogens with one attached hydrogen (secondary N) is 1. The van der Waals surface area contributed by atoms with Crippen LogP contribution in [0.1, 0.15) is 22.3 Å². The maximum atomic E-state index is 13.2. The van der Waals surface area contributed by atoms with Crippen molar-refractivity contribution in [3.05, 3.63) is 58.6 Å². The van der Waals surface area contributed by atoms with E-state index in [-0.39, 0.29) is 5.91 Å². The minimum atomic E-state index is -0.00595. The molecule has 1 N–H and O–H groups in total. The van der Waals surface area contributed by atoms with Gasteiger partial charge in [0.25, 0.3) is 5.91 Å². The van der Waals surface area contributed by atoms with Crippen molar-refractivity contribution in [1.29, 1.82) is 0 Å². The molecule has 5 rings (SSSR count). The Morgan fingerprint density at radius 1 is 1.06 bits per heavy atom. The molecule has 1 saturated heterocycles. The minimum Gasteiger partial charge on any atom is -0.489 e. The summed E-state index contributed by atoms with van der Waals surface area (Å²) in [4.78, 5) is 19.8.